The second-order valence-corrected chi connectivity index (χ2v) is 10.1. The number of thioether (sulfide) groups is 1. The maximum atomic E-state index is 12.8. The molecule has 1 aliphatic carbocycles. The minimum atomic E-state index is -3.00. The maximum absolute atomic E-state index is 12.8. The van der Waals surface area contributed by atoms with Gasteiger partial charge >= 0.3 is 0 Å². The Kier molecular flexibility index (Phi) is 4.92. The van der Waals surface area contributed by atoms with E-state index in [1.54, 1.807) is 4.90 Å². The molecule has 1 aromatic heterocycles. The molecule has 0 spiro atoms. The largest absolute Gasteiger partial charge is 0.338 e. The van der Waals surface area contributed by atoms with E-state index in [0.717, 1.165) is 23.8 Å². The van der Waals surface area contributed by atoms with Crippen molar-refractivity contribution >= 4 is 27.5 Å². The quantitative estimate of drug-likeness (QED) is 0.703. The predicted molar refractivity (Wildman–Crippen MR) is 92.8 cm³/mol. The molecule has 2 aliphatic rings. The minimum absolute atomic E-state index is 0.0207. The highest BCUT2D eigenvalue weighted by Crippen LogP contribution is 2.39. The van der Waals surface area contributed by atoms with Crippen LogP contribution in [0.25, 0.3) is 0 Å². The summed E-state index contributed by atoms with van der Waals surface area (Å²) in [6.07, 6.45) is 2.81. The Morgan fingerprint density at radius 3 is 2.62 bits per heavy atom. The van der Waals surface area contributed by atoms with Crippen molar-refractivity contribution in [3.8, 4) is 0 Å². The highest BCUT2D eigenvalue weighted by atomic mass is 32.2. The number of hydrogen-bond donors (Lipinski definition) is 0. The molecular formula is C15H24N4O3S2. The van der Waals surface area contributed by atoms with Crippen LogP contribution in [-0.2, 0) is 14.6 Å². The molecule has 1 amide bonds. The van der Waals surface area contributed by atoms with Gasteiger partial charge in [0.1, 0.15) is 5.82 Å². The zero-order valence-corrected chi connectivity index (χ0v) is 15.9. The normalized spacial score (nSPS) is 24.0. The van der Waals surface area contributed by atoms with Crippen molar-refractivity contribution in [2.45, 2.75) is 62.5 Å². The van der Waals surface area contributed by atoms with Crippen LogP contribution in [0.4, 0.5) is 0 Å². The summed E-state index contributed by atoms with van der Waals surface area (Å²) in [7, 11) is -3.00. The summed E-state index contributed by atoms with van der Waals surface area (Å²) in [5.74, 6) is 1.13. The Morgan fingerprint density at radius 1 is 1.38 bits per heavy atom. The average molecular weight is 373 g/mol. The molecule has 2 fully saturated rings. The van der Waals surface area contributed by atoms with Crippen molar-refractivity contribution in [1.82, 2.24) is 19.7 Å². The molecule has 1 saturated carbocycles. The first-order chi connectivity index (χ1) is 11.3. The monoisotopic (exact) mass is 372 g/mol. The van der Waals surface area contributed by atoms with Crippen LogP contribution in [-0.4, -0.2) is 63.3 Å². The molecule has 0 N–H and O–H groups in total. The van der Waals surface area contributed by atoms with Crippen molar-refractivity contribution in [1.29, 1.82) is 0 Å². The van der Waals surface area contributed by atoms with Gasteiger partial charge in [0.2, 0.25) is 5.91 Å². The second-order valence-electron chi connectivity index (χ2n) is 6.57. The van der Waals surface area contributed by atoms with Gasteiger partial charge in [-0.2, -0.15) is 0 Å². The molecule has 1 aromatic rings. The number of carbonyl (C=O) groups excluding carboxylic acids is 1. The molecule has 0 bridgehead atoms. The van der Waals surface area contributed by atoms with Crippen LogP contribution in [0.15, 0.2) is 5.16 Å². The van der Waals surface area contributed by atoms with Gasteiger partial charge in [-0.3, -0.25) is 4.79 Å². The summed E-state index contributed by atoms with van der Waals surface area (Å²) < 4.78 is 25.5. The topological polar surface area (TPSA) is 85.2 Å². The second kappa shape index (κ2) is 6.67. The summed E-state index contributed by atoms with van der Waals surface area (Å²) in [5.41, 5.74) is 0. The van der Waals surface area contributed by atoms with Crippen molar-refractivity contribution in [2.75, 3.05) is 18.1 Å². The van der Waals surface area contributed by atoms with E-state index in [1.807, 2.05) is 20.8 Å². The van der Waals surface area contributed by atoms with Gasteiger partial charge in [-0.1, -0.05) is 11.8 Å². The Labute approximate surface area is 147 Å². The number of sulfone groups is 1. The van der Waals surface area contributed by atoms with Crippen LogP contribution in [0.5, 0.6) is 0 Å². The highest BCUT2D eigenvalue weighted by molar-refractivity contribution is 8.00. The predicted octanol–water partition coefficient (Wildman–Crippen LogP) is 1.44. The molecule has 24 heavy (non-hydrogen) atoms. The van der Waals surface area contributed by atoms with Crippen molar-refractivity contribution < 1.29 is 13.2 Å². The van der Waals surface area contributed by atoms with Crippen LogP contribution in [0.2, 0.25) is 0 Å². The molecule has 2 atom stereocenters. The van der Waals surface area contributed by atoms with E-state index >= 15 is 0 Å². The van der Waals surface area contributed by atoms with Crippen LogP contribution in [0, 0.1) is 6.92 Å². The average Bonchev–Trinajstić information content (AvgIpc) is 3.20. The number of aromatic nitrogens is 3. The maximum Gasteiger partial charge on any atom is 0.236 e. The fourth-order valence-electron chi connectivity index (χ4n) is 3.24. The van der Waals surface area contributed by atoms with Gasteiger partial charge in [0.15, 0.2) is 15.0 Å². The molecule has 2 heterocycles. The zero-order chi connectivity index (χ0) is 17.5. The van der Waals surface area contributed by atoms with E-state index in [9.17, 15) is 13.2 Å². The van der Waals surface area contributed by atoms with Gasteiger partial charge in [0.05, 0.1) is 16.8 Å². The van der Waals surface area contributed by atoms with Crippen molar-refractivity contribution in [2.24, 2.45) is 0 Å². The first-order valence-electron chi connectivity index (χ1n) is 8.41. The first-order valence-corrected chi connectivity index (χ1v) is 11.1. The van der Waals surface area contributed by atoms with Gasteiger partial charge in [-0.25, -0.2) is 8.42 Å². The molecule has 0 radical (unpaired) electrons. The lowest BCUT2D eigenvalue weighted by Gasteiger charge is -2.29. The number of carbonyl (C=O) groups is 1. The van der Waals surface area contributed by atoms with Crippen molar-refractivity contribution in [3.05, 3.63) is 5.82 Å². The minimum Gasteiger partial charge on any atom is -0.338 e. The van der Waals surface area contributed by atoms with Gasteiger partial charge in [0, 0.05) is 18.6 Å². The fraction of sp³-hybridized carbons (Fsp3) is 0.800. The summed E-state index contributed by atoms with van der Waals surface area (Å²) in [6.45, 7) is 6.22. The Hall–Kier alpha value is -1.09. The fourth-order valence-corrected chi connectivity index (χ4v) is 6.01. The molecule has 0 unspecified atom stereocenters. The first kappa shape index (κ1) is 17.7. The number of rotatable bonds is 6. The molecule has 134 valence electrons. The lowest BCUT2D eigenvalue weighted by molar-refractivity contribution is -0.131. The molecule has 9 heteroatoms. The standard InChI is InChI=1S/C15H24N4O3S2/c1-4-18(13-7-8-24(21,22)9-13)14(20)10(2)23-15-17-16-11(3)19(15)12-5-6-12/h10,12-13H,4-9H2,1-3H3/t10-,13-/m0/s1. The molecule has 7 nitrogen and oxygen atoms in total. The zero-order valence-electron chi connectivity index (χ0n) is 14.3. The number of hydrogen-bond acceptors (Lipinski definition) is 6. The molecule has 3 rings (SSSR count). The summed E-state index contributed by atoms with van der Waals surface area (Å²) in [6, 6.07) is 0.269. The molecular weight excluding hydrogens is 348 g/mol. The molecule has 1 aliphatic heterocycles. The third kappa shape index (κ3) is 3.61. The molecule has 0 aromatic carbocycles. The van der Waals surface area contributed by atoms with E-state index in [1.165, 1.54) is 11.8 Å². The van der Waals surface area contributed by atoms with Crippen molar-refractivity contribution in [3.63, 3.8) is 0 Å². The van der Waals surface area contributed by atoms with E-state index in [0.29, 0.717) is 19.0 Å². The highest BCUT2D eigenvalue weighted by Gasteiger charge is 2.36. The Balaban J connectivity index is 1.69. The van der Waals surface area contributed by atoms with Crippen LogP contribution in [0.1, 0.15) is 45.0 Å². The summed E-state index contributed by atoms with van der Waals surface area (Å²) in [4.78, 5) is 14.5. The smallest absolute Gasteiger partial charge is 0.236 e. The Bertz CT molecular complexity index is 727. The molecule has 1 saturated heterocycles. The summed E-state index contributed by atoms with van der Waals surface area (Å²) >= 11 is 1.42. The van der Waals surface area contributed by atoms with E-state index in [4.69, 9.17) is 0 Å². The van der Waals surface area contributed by atoms with Crippen LogP contribution >= 0.6 is 11.8 Å². The number of aryl methyl sites for hydroxylation is 1. The van der Waals surface area contributed by atoms with Crippen LogP contribution < -0.4 is 0 Å². The van der Waals surface area contributed by atoms with E-state index < -0.39 is 9.84 Å². The van der Waals surface area contributed by atoms with Gasteiger partial charge in [0.25, 0.3) is 0 Å². The SMILES string of the molecule is CCN(C(=O)[C@H](C)Sc1nnc(C)n1C1CC1)[C@H]1CCS(=O)(=O)C1. The number of amides is 1. The van der Waals surface area contributed by atoms with E-state index in [-0.39, 0.29) is 28.7 Å². The third-order valence-electron chi connectivity index (χ3n) is 4.65. The third-order valence-corrected chi connectivity index (χ3v) is 7.44. The van der Waals surface area contributed by atoms with Gasteiger partial charge in [-0.05, 0) is 40.0 Å². The summed E-state index contributed by atoms with van der Waals surface area (Å²) in [5, 5.41) is 8.83. The number of nitrogens with zero attached hydrogens (tertiary/aromatic N) is 4. The lowest BCUT2D eigenvalue weighted by atomic mass is 10.2. The van der Waals surface area contributed by atoms with E-state index in [2.05, 4.69) is 14.8 Å². The van der Waals surface area contributed by atoms with Gasteiger partial charge in [-0.15, -0.1) is 10.2 Å². The Morgan fingerprint density at radius 2 is 2.08 bits per heavy atom. The van der Waals surface area contributed by atoms with Crippen LogP contribution in [0.3, 0.4) is 0 Å². The van der Waals surface area contributed by atoms with Gasteiger partial charge < -0.3 is 9.47 Å². The lowest BCUT2D eigenvalue weighted by Crippen LogP contribution is -2.44.